The van der Waals surface area contributed by atoms with Crippen LogP contribution in [0.25, 0.3) is 199 Å². The number of hydrogen-bond acceptors (Lipinski definition) is 11. The molecule has 15 nitrogen and oxygen atoms in total. The third kappa shape index (κ3) is 6.63. The lowest BCUT2D eigenvalue weighted by Gasteiger charge is -2.09. The summed E-state index contributed by atoms with van der Waals surface area (Å²) in [7, 11) is 0. The molecule has 0 N–H and O–H groups in total. The first kappa shape index (κ1) is 48.3. The number of pyridine rings is 8. The molecule has 21 rings (SSSR count). The van der Waals surface area contributed by atoms with Gasteiger partial charge < -0.3 is 31.5 Å². The monoisotopic (exact) mass is 1170 g/mol. The number of benzene rings is 6. The summed E-state index contributed by atoms with van der Waals surface area (Å²) in [5.41, 5.74) is 26.0. The Morgan fingerprint density at radius 1 is 0.253 bits per heavy atom. The Morgan fingerprint density at radius 3 is 1.24 bits per heavy atom. The number of furan rings is 3. The van der Waals surface area contributed by atoms with Gasteiger partial charge >= 0.3 is 0 Å². The summed E-state index contributed by atoms with van der Waals surface area (Å²) >= 11 is 0. The van der Waals surface area contributed by atoms with Gasteiger partial charge in [0.2, 0.25) is 0 Å². The molecular weight excluding hydrogens is 1130 g/mol. The van der Waals surface area contributed by atoms with Gasteiger partial charge in [-0.25, -0.2) is 0 Å². The van der Waals surface area contributed by atoms with Gasteiger partial charge in [0.1, 0.15) is 49.8 Å². The second kappa shape index (κ2) is 17.9. The summed E-state index contributed by atoms with van der Waals surface area (Å²) in [4.78, 5) is 38.4. The summed E-state index contributed by atoms with van der Waals surface area (Å²) in [5.74, 6) is 0. The summed E-state index contributed by atoms with van der Waals surface area (Å²) in [5, 5.41) is 6.93. The first-order chi connectivity index (χ1) is 45.1. The lowest BCUT2D eigenvalue weighted by Crippen LogP contribution is -1.94. The van der Waals surface area contributed by atoms with Crippen LogP contribution in [-0.4, -0.2) is 58.1 Å². The van der Waals surface area contributed by atoms with Crippen LogP contribution in [0, 0.1) is 0 Å². The second-order valence-corrected chi connectivity index (χ2v) is 23.1. The van der Waals surface area contributed by atoms with Gasteiger partial charge in [-0.2, -0.15) is 0 Å². The minimum atomic E-state index is 0.711. The summed E-state index contributed by atoms with van der Waals surface area (Å²) in [6, 6.07) is 65.0. The fraction of sp³-hybridized carbons (Fsp3) is 0. The maximum absolute atomic E-state index is 6.97. The Morgan fingerprint density at radius 2 is 0.692 bits per heavy atom. The number of rotatable bonds is 6. The molecule has 91 heavy (non-hydrogen) atoms. The van der Waals surface area contributed by atoms with Gasteiger partial charge in [0.05, 0.1) is 55.3 Å². The topological polar surface area (TPSA) is 162 Å². The Kier molecular flexibility index (Phi) is 9.48. The largest absolute Gasteiger partial charge is 0.454 e. The molecule has 15 heteroatoms. The molecule has 0 saturated heterocycles. The third-order valence-corrected chi connectivity index (χ3v) is 18.4. The number of nitrogens with zero attached hydrogens (tertiary/aromatic N) is 12. The predicted molar refractivity (Wildman–Crippen MR) is 359 cm³/mol. The molecule has 15 aromatic heterocycles. The highest BCUT2D eigenvalue weighted by Gasteiger charge is 2.25. The van der Waals surface area contributed by atoms with Gasteiger partial charge in [-0.1, -0.05) is 24.3 Å². The van der Waals surface area contributed by atoms with E-state index in [-0.39, 0.29) is 0 Å². The molecule has 6 aromatic carbocycles. The highest BCUT2D eigenvalue weighted by atomic mass is 16.3. The van der Waals surface area contributed by atoms with Crippen LogP contribution >= 0.6 is 0 Å². The molecule has 0 radical (unpaired) electrons. The molecule has 0 unspecified atom stereocenters. The van der Waals surface area contributed by atoms with Crippen molar-refractivity contribution in [1.82, 2.24) is 58.1 Å². The smallest absolute Gasteiger partial charge is 0.161 e. The van der Waals surface area contributed by atoms with E-state index >= 15 is 0 Å². The van der Waals surface area contributed by atoms with Gasteiger partial charge in [-0.15, -0.1) is 0 Å². The predicted octanol–water partition coefficient (Wildman–Crippen LogP) is 18.3. The fourth-order valence-electron chi connectivity index (χ4n) is 14.5. The van der Waals surface area contributed by atoms with Crippen molar-refractivity contribution in [1.29, 1.82) is 0 Å². The van der Waals surface area contributed by atoms with Crippen LogP contribution in [0.1, 0.15) is 0 Å². The van der Waals surface area contributed by atoms with Gasteiger partial charge in [-0.3, -0.25) is 39.9 Å². The normalized spacial score (nSPS) is 12.4. The van der Waals surface area contributed by atoms with Crippen molar-refractivity contribution in [2.24, 2.45) is 0 Å². The van der Waals surface area contributed by atoms with Crippen molar-refractivity contribution in [2.45, 2.75) is 0 Å². The first-order valence-electron chi connectivity index (χ1n) is 29.9. The summed E-state index contributed by atoms with van der Waals surface area (Å²) < 4.78 is 29.5. The summed E-state index contributed by atoms with van der Waals surface area (Å²) in [6.07, 6.45) is 16.7. The van der Waals surface area contributed by atoms with Crippen LogP contribution in [0.15, 0.2) is 257 Å². The zero-order valence-electron chi connectivity index (χ0n) is 47.7. The minimum Gasteiger partial charge on any atom is -0.454 e. The maximum Gasteiger partial charge on any atom is 0.161 e. The molecule has 422 valence electrons. The lowest BCUT2D eigenvalue weighted by molar-refractivity contribution is 0.666. The van der Waals surface area contributed by atoms with E-state index in [1.165, 1.54) is 0 Å². The fourth-order valence-corrected chi connectivity index (χ4v) is 14.5. The van der Waals surface area contributed by atoms with Crippen LogP contribution in [-0.2, 0) is 0 Å². The third-order valence-electron chi connectivity index (χ3n) is 18.4. The second-order valence-electron chi connectivity index (χ2n) is 23.1. The SMILES string of the molecule is c1cc(-n2c3ccc(-c4ccnc5c4oc4ccc(-n6c7cccnc7c7ncccc76)cc45)cc3c3ncccc32)c2oc3ccc(-n4c5ccncc5c5cc(-c6ccnc7c6oc6ccc(-n8c9cccnc9c9ncccc98)cc67)ccc54)cc3c2c1. The molecule has 21 aromatic rings. The van der Waals surface area contributed by atoms with Crippen molar-refractivity contribution in [2.75, 3.05) is 0 Å². The molecular formula is C76H40N12O3. The highest BCUT2D eigenvalue weighted by molar-refractivity contribution is 6.17. The average molecular weight is 1170 g/mol. The van der Waals surface area contributed by atoms with E-state index in [9.17, 15) is 0 Å². The summed E-state index contributed by atoms with van der Waals surface area (Å²) in [6.45, 7) is 0. The molecule has 0 fully saturated rings. The Bertz CT molecular complexity index is 6650. The highest BCUT2D eigenvalue weighted by Crippen LogP contribution is 2.45. The Balaban J connectivity index is 0.659. The zero-order valence-corrected chi connectivity index (χ0v) is 47.7. The van der Waals surface area contributed by atoms with Gasteiger partial charge in [0.25, 0.3) is 0 Å². The van der Waals surface area contributed by atoms with Crippen molar-refractivity contribution in [3.05, 3.63) is 244 Å². The van der Waals surface area contributed by atoms with Crippen molar-refractivity contribution >= 4 is 154 Å². The molecule has 0 spiro atoms. The van der Waals surface area contributed by atoms with Crippen molar-refractivity contribution in [3.63, 3.8) is 0 Å². The lowest BCUT2D eigenvalue weighted by atomic mass is 10.0. The number of aromatic nitrogens is 12. The van der Waals surface area contributed by atoms with Gasteiger partial charge in [-0.05, 0) is 175 Å². The molecule has 0 saturated carbocycles. The van der Waals surface area contributed by atoms with Crippen molar-refractivity contribution in [3.8, 4) is 45.0 Å². The van der Waals surface area contributed by atoms with Crippen LogP contribution in [0.5, 0.6) is 0 Å². The standard InChI is InChI=1S/C76H40N12O3/c1-7-48-50-37-43(85-55-19-14-41(35-49(55)54-40-77-32-26-57(54)85)46-24-33-83-68-52-38-44(17-22-65(52)90-75(46)68)86-59-10-3-28-79-70(59)71-60(86)11-4-29-80-71)16-21-64(50)89-74(48)63(8-1)88-56-20-15-42(36-51(56)67-58(88)9-2-27-78-67)47-25-34-84-69-53-39-45(18-23-66(53)91-76(47)69)87-61-12-5-30-81-72(61)73-62(87)13-6-31-82-73/h1-40H. The molecule has 0 aliphatic carbocycles. The van der Waals surface area contributed by atoms with E-state index in [0.29, 0.717) is 5.58 Å². The molecule has 0 atom stereocenters. The van der Waals surface area contributed by atoms with E-state index in [2.05, 4.69) is 157 Å². The zero-order chi connectivity index (χ0) is 59.2. The molecule has 0 amide bonds. The number of hydrogen-bond donors (Lipinski definition) is 0. The molecule has 0 bridgehead atoms. The van der Waals surface area contributed by atoms with Gasteiger partial charge in [0, 0.05) is 122 Å². The molecule has 15 heterocycles. The Hall–Kier alpha value is -12.9. The average Bonchev–Trinajstić information content (AvgIpc) is 1.65. The minimum absolute atomic E-state index is 0.711. The molecule has 0 aliphatic rings. The quantitative estimate of drug-likeness (QED) is 0.156. The van der Waals surface area contributed by atoms with E-state index in [1.54, 1.807) is 0 Å². The first-order valence-corrected chi connectivity index (χ1v) is 29.9. The van der Waals surface area contributed by atoms with E-state index in [4.69, 9.17) is 48.1 Å². The van der Waals surface area contributed by atoms with E-state index in [0.717, 1.165) is 193 Å². The number of para-hydroxylation sites is 1. The number of fused-ring (bicyclic) bond motifs is 21. The van der Waals surface area contributed by atoms with Crippen LogP contribution in [0.4, 0.5) is 0 Å². The Labute approximate surface area is 511 Å². The maximum atomic E-state index is 6.97. The van der Waals surface area contributed by atoms with Crippen molar-refractivity contribution < 1.29 is 13.3 Å². The van der Waals surface area contributed by atoms with Gasteiger partial charge in [0.15, 0.2) is 16.7 Å². The molecule has 0 aliphatic heterocycles. The van der Waals surface area contributed by atoms with Crippen LogP contribution < -0.4 is 0 Å². The van der Waals surface area contributed by atoms with E-state index < -0.39 is 0 Å². The van der Waals surface area contributed by atoms with E-state index in [1.807, 2.05) is 110 Å². The van der Waals surface area contributed by atoms with Crippen LogP contribution in [0.3, 0.4) is 0 Å². The van der Waals surface area contributed by atoms with Crippen LogP contribution in [0.2, 0.25) is 0 Å².